The molecule has 102 valence electrons. The molecule has 3 heteroatoms. The van der Waals surface area contributed by atoms with E-state index in [9.17, 15) is 0 Å². The average Bonchev–Trinajstić information content (AvgIpc) is 2.47. The number of thiocarbonyl (C=S) groups is 1. The lowest BCUT2D eigenvalue weighted by Gasteiger charge is -2.45. The zero-order valence-electron chi connectivity index (χ0n) is 11.3. The Balaban J connectivity index is 1.68. The third kappa shape index (κ3) is 2.92. The van der Waals surface area contributed by atoms with E-state index in [1.165, 1.54) is 38.5 Å². The number of hydrogen-bond donors (Lipinski definition) is 1. The van der Waals surface area contributed by atoms with E-state index in [2.05, 4.69) is 22.3 Å². The molecule has 2 aliphatic rings. The van der Waals surface area contributed by atoms with E-state index in [-0.39, 0.29) is 0 Å². The van der Waals surface area contributed by atoms with Crippen LogP contribution >= 0.6 is 12.2 Å². The van der Waals surface area contributed by atoms with Crippen LogP contribution in [0.25, 0.3) is 0 Å². The zero-order chi connectivity index (χ0) is 13.1. The van der Waals surface area contributed by atoms with Gasteiger partial charge in [0.15, 0.2) is 5.11 Å². The molecule has 2 fully saturated rings. The summed E-state index contributed by atoms with van der Waals surface area (Å²) in [6, 6.07) is 11.0. The van der Waals surface area contributed by atoms with Crippen molar-refractivity contribution in [2.45, 2.75) is 44.6 Å². The third-order valence-electron chi connectivity index (χ3n) is 4.53. The van der Waals surface area contributed by atoms with Crippen LogP contribution in [0.15, 0.2) is 30.3 Å². The lowest BCUT2D eigenvalue weighted by atomic mass is 9.78. The number of piperidine rings is 1. The molecule has 1 N–H and O–H groups in total. The van der Waals surface area contributed by atoms with Gasteiger partial charge < -0.3 is 10.2 Å². The van der Waals surface area contributed by atoms with E-state index < -0.39 is 0 Å². The Bertz CT molecular complexity index is 430. The summed E-state index contributed by atoms with van der Waals surface area (Å²) in [5.41, 5.74) is 1.10. The molecule has 2 nitrogen and oxygen atoms in total. The monoisotopic (exact) mass is 274 g/mol. The summed E-state index contributed by atoms with van der Waals surface area (Å²) in [5, 5.41) is 4.32. The molecule has 19 heavy (non-hydrogen) atoms. The summed E-state index contributed by atoms with van der Waals surface area (Å²) in [6.07, 6.45) is 8.18. The normalized spacial score (nSPS) is 26.6. The maximum absolute atomic E-state index is 5.64. The molecule has 0 bridgehead atoms. The number of hydrogen-bond acceptors (Lipinski definition) is 1. The molecule has 1 heterocycles. The van der Waals surface area contributed by atoms with Crippen LogP contribution in [0.1, 0.15) is 38.5 Å². The molecule has 1 saturated carbocycles. The minimum atomic E-state index is 0.686. The molecule has 3 rings (SSSR count). The second kappa shape index (κ2) is 5.91. The number of benzene rings is 1. The summed E-state index contributed by atoms with van der Waals surface area (Å²) in [7, 11) is 0. The first-order valence-corrected chi connectivity index (χ1v) is 7.88. The Morgan fingerprint density at radius 2 is 1.79 bits per heavy atom. The summed E-state index contributed by atoms with van der Waals surface area (Å²) < 4.78 is 0. The van der Waals surface area contributed by atoms with Crippen LogP contribution in [0.4, 0.5) is 5.69 Å². The average molecular weight is 274 g/mol. The lowest BCUT2D eigenvalue weighted by molar-refractivity contribution is 0.121. The lowest BCUT2D eigenvalue weighted by Crippen LogP contribution is -2.51. The van der Waals surface area contributed by atoms with E-state index in [0.29, 0.717) is 6.04 Å². The van der Waals surface area contributed by atoms with Gasteiger partial charge in [-0.05, 0) is 56.0 Å². The Hall–Kier alpha value is -1.09. The third-order valence-corrected chi connectivity index (χ3v) is 4.87. The highest BCUT2D eigenvalue weighted by molar-refractivity contribution is 7.80. The Morgan fingerprint density at radius 3 is 2.63 bits per heavy atom. The van der Waals surface area contributed by atoms with Gasteiger partial charge in [0.1, 0.15) is 0 Å². The maximum atomic E-state index is 5.64. The Morgan fingerprint density at radius 1 is 1.05 bits per heavy atom. The quantitative estimate of drug-likeness (QED) is 0.778. The number of nitrogens with zero attached hydrogens (tertiary/aromatic N) is 1. The maximum Gasteiger partial charge on any atom is 0.173 e. The van der Waals surface area contributed by atoms with E-state index in [4.69, 9.17) is 12.2 Å². The number of rotatable bonds is 1. The first-order chi connectivity index (χ1) is 9.34. The number of likely N-dealkylation sites (tertiary alicyclic amines) is 1. The summed E-state index contributed by atoms with van der Waals surface area (Å²) in [6.45, 7) is 1.12. The highest BCUT2D eigenvalue weighted by atomic mass is 32.1. The van der Waals surface area contributed by atoms with Gasteiger partial charge in [-0.2, -0.15) is 0 Å². The molecule has 0 spiro atoms. The van der Waals surface area contributed by atoms with Crippen molar-refractivity contribution in [3.63, 3.8) is 0 Å². The fourth-order valence-electron chi connectivity index (χ4n) is 3.59. The number of anilines is 1. The van der Waals surface area contributed by atoms with Crippen LogP contribution in [0, 0.1) is 5.92 Å². The molecule has 1 aromatic rings. The molecule has 1 aliphatic heterocycles. The molecule has 1 saturated heterocycles. The topological polar surface area (TPSA) is 15.3 Å². The molecule has 0 aromatic heterocycles. The van der Waals surface area contributed by atoms with Crippen LogP contribution in [0.5, 0.6) is 0 Å². The van der Waals surface area contributed by atoms with E-state index >= 15 is 0 Å². The van der Waals surface area contributed by atoms with Crippen molar-refractivity contribution in [1.82, 2.24) is 4.90 Å². The van der Waals surface area contributed by atoms with Gasteiger partial charge in [0, 0.05) is 18.3 Å². The second-order valence-corrected chi connectivity index (χ2v) is 6.13. The first-order valence-electron chi connectivity index (χ1n) is 7.47. The number of fused-ring (bicyclic) bond motifs is 1. The molecular weight excluding hydrogens is 252 g/mol. The molecular formula is C16H22N2S. The van der Waals surface area contributed by atoms with Crippen molar-refractivity contribution in [1.29, 1.82) is 0 Å². The smallest absolute Gasteiger partial charge is 0.173 e. The highest BCUT2D eigenvalue weighted by Crippen LogP contribution is 2.35. The van der Waals surface area contributed by atoms with Crippen LogP contribution in [0.2, 0.25) is 0 Å². The zero-order valence-corrected chi connectivity index (χ0v) is 12.2. The van der Waals surface area contributed by atoms with Gasteiger partial charge in [-0.3, -0.25) is 0 Å². The summed E-state index contributed by atoms with van der Waals surface area (Å²) >= 11 is 5.64. The van der Waals surface area contributed by atoms with Crippen molar-refractivity contribution in [2.75, 3.05) is 11.9 Å². The fraction of sp³-hybridized carbons (Fsp3) is 0.562. The van der Waals surface area contributed by atoms with Gasteiger partial charge in [0.05, 0.1) is 0 Å². The van der Waals surface area contributed by atoms with Gasteiger partial charge >= 0.3 is 0 Å². The van der Waals surface area contributed by atoms with Crippen molar-refractivity contribution >= 4 is 23.0 Å². The molecule has 0 radical (unpaired) electrons. The van der Waals surface area contributed by atoms with Gasteiger partial charge in [-0.1, -0.05) is 31.0 Å². The number of para-hydroxylation sites is 1. The molecule has 1 aromatic carbocycles. The van der Waals surface area contributed by atoms with Crippen molar-refractivity contribution < 1.29 is 0 Å². The van der Waals surface area contributed by atoms with Gasteiger partial charge in [-0.25, -0.2) is 0 Å². The van der Waals surface area contributed by atoms with Crippen LogP contribution < -0.4 is 5.32 Å². The van der Waals surface area contributed by atoms with Crippen molar-refractivity contribution in [3.8, 4) is 0 Å². The van der Waals surface area contributed by atoms with Gasteiger partial charge in [-0.15, -0.1) is 0 Å². The minimum absolute atomic E-state index is 0.686. The minimum Gasteiger partial charge on any atom is -0.346 e. The van der Waals surface area contributed by atoms with Gasteiger partial charge in [0.2, 0.25) is 0 Å². The van der Waals surface area contributed by atoms with Crippen molar-refractivity contribution in [2.24, 2.45) is 5.92 Å². The highest BCUT2D eigenvalue weighted by Gasteiger charge is 2.34. The SMILES string of the molecule is S=C(Nc1ccccc1)N1CCCC2CCCCC21. The molecule has 1 aliphatic carbocycles. The molecule has 0 amide bonds. The number of nitrogens with one attached hydrogen (secondary N) is 1. The first kappa shape index (κ1) is 12.9. The van der Waals surface area contributed by atoms with E-state index in [1.54, 1.807) is 0 Å². The van der Waals surface area contributed by atoms with Crippen LogP contribution in [-0.4, -0.2) is 22.6 Å². The van der Waals surface area contributed by atoms with Crippen LogP contribution in [-0.2, 0) is 0 Å². The largest absolute Gasteiger partial charge is 0.346 e. The summed E-state index contributed by atoms with van der Waals surface area (Å²) in [4.78, 5) is 2.45. The fourth-order valence-corrected chi connectivity index (χ4v) is 3.94. The predicted molar refractivity (Wildman–Crippen MR) is 84.3 cm³/mol. The summed E-state index contributed by atoms with van der Waals surface area (Å²) in [5.74, 6) is 0.873. The van der Waals surface area contributed by atoms with E-state index in [1.807, 2.05) is 18.2 Å². The Kier molecular flexibility index (Phi) is 4.02. The Labute approximate surface area is 121 Å². The predicted octanol–water partition coefficient (Wildman–Crippen LogP) is 4.04. The molecule has 2 unspecified atom stereocenters. The van der Waals surface area contributed by atoms with Crippen LogP contribution in [0.3, 0.4) is 0 Å². The van der Waals surface area contributed by atoms with Gasteiger partial charge in [0.25, 0.3) is 0 Å². The van der Waals surface area contributed by atoms with E-state index in [0.717, 1.165) is 23.3 Å². The molecule has 2 atom stereocenters. The van der Waals surface area contributed by atoms with Crippen molar-refractivity contribution in [3.05, 3.63) is 30.3 Å². The second-order valence-electron chi connectivity index (χ2n) is 5.74. The standard InChI is InChI=1S/C16H22N2S/c19-16(17-14-9-2-1-3-10-14)18-12-6-8-13-7-4-5-11-15(13)18/h1-3,9-10,13,15H,4-8,11-12H2,(H,17,19).